The highest BCUT2D eigenvalue weighted by molar-refractivity contribution is 9.11. The van der Waals surface area contributed by atoms with Gasteiger partial charge < -0.3 is 10.4 Å². The maximum atomic E-state index is 10.5. The monoisotopic (exact) mass is 271 g/mol. The Balaban J connectivity index is 2.46. The number of nitrogens with one attached hydrogen (secondary N) is 1. The summed E-state index contributed by atoms with van der Waals surface area (Å²) in [5.74, 6) is -0.501. The van der Waals surface area contributed by atoms with Crippen molar-refractivity contribution >= 4 is 27.7 Å². The van der Waals surface area contributed by atoms with Crippen molar-refractivity contribution in [1.29, 1.82) is 0 Å². The molecule has 0 aromatic carbocycles. The Morgan fingerprint density at radius 1 is 1.53 bits per heavy atom. The molecule has 0 bridgehead atoms. The first-order valence-corrected chi connectivity index (χ1v) is 5.21. The fourth-order valence-corrected chi connectivity index (χ4v) is 1.15. The molecule has 0 radical (unpaired) electrons. The van der Waals surface area contributed by atoms with Crippen LogP contribution in [0.3, 0.4) is 0 Å². The molecule has 15 heavy (non-hydrogen) atoms. The average molecular weight is 272 g/mol. The molecule has 1 heterocycles. The maximum absolute atomic E-state index is 10.5. The van der Waals surface area contributed by atoms with Gasteiger partial charge >= 0.3 is 5.97 Å². The van der Waals surface area contributed by atoms with E-state index < -0.39 is 5.97 Å². The molecule has 1 rings (SSSR count). The highest BCUT2D eigenvalue weighted by atomic mass is 79.9. The summed E-state index contributed by atoms with van der Waals surface area (Å²) in [5.41, 5.74) is -0.0547. The first kappa shape index (κ1) is 11.6. The van der Waals surface area contributed by atoms with Crippen LogP contribution < -0.4 is 5.32 Å². The second-order valence-electron chi connectivity index (χ2n) is 2.69. The zero-order valence-corrected chi connectivity index (χ0v) is 9.44. The van der Waals surface area contributed by atoms with Crippen molar-refractivity contribution in [2.45, 2.75) is 6.42 Å². The summed E-state index contributed by atoms with van der Waals surface area (Å²) in [4.78, 5) is 12.3. The van der Waals surface area contributed by atoms with Gasteiger partial charge in [-0.2, -0.15) is 0 Å². The number of rotatable bonds is 5. The lowest BCUT2D eigenvalue weighted by atomic mass is 10.4. The molecule has 1 aromatic heterocycles. The molecular formula is C9H10BrN3O2. The first-order chi connectivity index (χ1) is 7.24. The van der Waals surface area contributed by atoms with Gasteiger partial charge in [-0.15, -0.1) is 10.2 Å². The van der Waals surface area contributed by atoms with E-state index in [0.29, 0.717) is 5.82 Å². The number of aromatic nitrogens is 2. The van der Waals surface area contributed by atoms with Crippen molar-refractivity contribution in [1.82, 2.24) is 10.2 Å². The first-order valence-electron chi connectivity index (χ1n) is 4.30. The Bertz CT molecular complexity index is 351. The molecule has 0 spiro atoms. The SMILES string of the molecule is O=C(O)c1ccc(NCC/C=C/Br)nn1. The van der Waals surface area contributed by atoms with Crippen LogP contribution in [-0.2, 0) is 0 Å². The predicted molar refractivity (Wildman–Crippen MR) is 60.2 cm³/mol. The Kier molecular flexibility index (Phi) is 4.76. The van der Waals surface area contributed by atoms with E-state index in [1.807, 2.05) is 6.08 Å². The molecule has 0 aliphatic carbocycles. The molecule has 1 aromatic rings. The van der Waals surface area contributed by atoms with Gasteiger partial charge in [0.2, 0.25) is 0 Å². The normalized spacial score (nSPS) is 10.5. The summed E-state index contributed by atoms with van der Waals surface area (Å²) >= 11 is 3.16. The van der Waals surface area contributed by atoms with E-state index >= 15 is 0 Å². The molecule has 0 unspecified atom stereocenters. The van der Waals surface area contributed by atoms with Gasteiger partial charge in [-0.05, 0) is 23.5 Å². The number of carboxylic acid groups (broad SMARTS) is 1. The van der Waals surface area contributed by atoms with Gasteiger partial charge in [0.15, 0.2) is 5.69 Å². The lowest BCUT2D eigenvalue weighted by Gasteiger charge is -2.01. The van der Waals surface area contributed by atoms with E-state index in [9.17, 15) is 4.79 Å². The Morgan fingerprint density at radius 3 is 2.87 bits per heavy atom. The molecule has 0 saturated carbocycles. The van der Waals surface area contributed by atoms with Crippen LogP contribution in [0.1, 0.15) is 16.9 Å². The molecule has 0 amide bonds. The fourth-order valence-electron chi connectivity index (χ4n) is 0.887. The Morgan fingerprint density at radius 2 is 2.33 bits per heavy atom. The van der Waals surface area contributed by atoms with E-state index in [0.717, 1.165) is 13.0 Å². The largest absolute Gasteiger partial charge is 0.476 e. The van der Waals surface area contributed by atoms with Crippen molar-refractivity contribution in [3.05, 3.63) is 28.9 Å². The van der Waals surface area contributed by atoms with Crippen LogP contribution in [0.5, 0.6) is 0 Å². The molecule has 0 fully saturated rings. The topological polar surface area (TPSA) is 75.1 Å². The highest BCUT2D eigenvalue weighted by Crippen LogP contribution is 2.02. The molecule has 80 valence electrons. The Labute approximate surface area is 95.3 Å². The minimum atomic E-state index is -1.07. The smallest absolute Gasteiger partial charge is 0.356 e. The van der Waals surface area contributed by atoms with Gasteiger partial charge in [0.1, 0.15) is 5.82 Å². The lowest BCUT2D eigenvalue weighted by molar-refractivity contribution is 0.0689. The minimum Gasteiger partial charge on any atom is -0.476 e. The van der Waals surface area contributed by atoms with E-state index in [4.69, 9.17) is 5.11 Å². The summed E-state index contributed by atoms with van der Waals surface area (Å²) in [7, 11) is 0. The van der Waals surface area contributed by atoms with Gasteiger partial charge in [0.25, 0.3) is 0 Å². The van der Waals surface area contributed by atoms with Crippen molar-refractivity contribution < 1.29 is 9.90 Å². The average Bonchev–Trinajstić information content (AvgIpc) is 2.25. The van der Waals surface area contributed by atoms with E-state index in [2.05, 4.69) is 31.4 Å². The molecule has 5 nitrogen and oxygen atoms in total. The molecule has 2 N–H and O–H groups in total. The van der Waals surface area contributed by atoms with E-state index in [-0.39, 0.29) is 5.69 Å². The number of carboxylic acids is 1. The minimum absolute atomic E-state index is 0.0547. The molecule has 0 aliphatic heterocycles. The number of halogens is 1. The third-order valence-electron chi connectivity index (χ3n) is 1.59. The fraction of sp³-hybridized carbons (Fsp3) is 0.222. The zero-order valence-electron chi connectivity index (χ0n) is 7.85. The zero-order chi connectivity index (χ0) is 11.1. The number of carbonyl (C=O) groups is 1. The van der Waals surface area contributed by atoms with Gasteiger partial charge in [-0.25, -0.2) is 4.79 Å². The van der Waals surface area contributed by atoms with Gasteiger partial charge in [-0.3, -0.25) is 0 Å². The predicted octanol–water partition coefficient (Wildman–Crippen LogP) is 1.89. The van der Waals surface area contributed by atoms with Crippen LogP contribution in [0.2, 0.25) is 0 Å². The second kappa shape index (κ2) is 6.13. The second-order valence-corrected chi connectivity index (χ2v) is 3.21. The van der Waals surface area contributed by atoms with Crippen LogP contribution in [0, 0.1) is 0 Å². The standard InChI is InChI=1S/C9H10BrN3O2/c10-5-1-2-6-11-8-4-3-7(9(14)15)12-13-8/h1,3-5H,2,6H2,(H,11,13)(H,14,15)/b5-1+. The summed E-state index contributed by atoms with van der Waals surface area (Å²) in [6.45, 7) is 0.725. The molecule has 0 aliphatic rings. The summed E-state index contributed by atoms with van der Waals surface area (Å²) in [6.07, 6.45) is 2.81. The van der Waals surface area contributed by atoms with Crippen molar-refractivity contribution in [2.24, 2.45) is 0 Å². The number of aromatic carboxylic acids is 1. The molecule has 0 saturated heterocycles. The lowest BCUT2D eigenvalue weighted by Crippen LogP contribution is -2.06. The van der Waals surface area contributed by atoms with Crippen LogP contribution in [0.4, 0.5) is 5.82 Å². The van der Waals surface area contributed by atoms with Gasteiger partial charge in [-0.1, -0.05) is 22.0 Å². The van der Waals surface area contributed by atoms with Gasteiger partial charge in [0, 0.05) is 6.54 Å². The maximum Gasteiger partial charge on any atom is 0.356 e. The number of nitrogens with zero attached hydrogens (tertiary/aromatic N) is 2. The Hall–Kier alpha value is -1.43. The van der Waals surface area contributed by atoms with E-state index in [1.165, 1.54) is 6.07 Å². The van der Waals surface area contributed by atoms with Crippen LogP contribution in [-0.4, -0.2) is 27.8 Å². The summed E-state index contributed by atoms with van der Waals surface area (Å²) < 4.78 is 0. The third-order valence-corrected chi connectivity index (χ3v) is 1.96. The molecule has 0 atom stereocenters. The van der Waals surface area contributed by atoms with Crippen LogP contribution in [0.25, 0.3) is 0 Å². The summed E-state index contributed by atoms with van der Waals surface area (Å²) in [6, 6.07) is 3.01. The van der Waals surface area contributed by atoms with Crippen molar-refractivity contribution in [3.8, 4) is 0 Å². The van der Waals surface area contributed by atoms with E-state index in [1.54, 1.807) is 11.1 Å². The van der Waals surface area contributed by atoms with Crippen LogP contribution in [0.15, 0.2) is 23.2 Å². The van der Waals surface area contributed by atoms with Crippen LogP contribution >= 0.6 is 15.9 Å². The summed E-state index contributed by atoms with van der Waals surface area (Å²) in [5, 5.41) is 18.8. The molecule has 6 heteroatoms. The number of hydrogen-bond acceptors (Lipinski definition) is 4. The number of hydrogen-bond donors (Lipinski definition) is 2. The third kappa shape index (κ3) is 4.07. The quantitative estimate of drug-likeness (QED) is 0.800. The highest BCUT2D eigenvalue weighted by Gasteiger charge is 2.03. The number of anilines is 1. The van der Waals surface area contributed by atoms with Crippen molar-refractivity contribution in [3.63, 3.8) is 0 Å². The molecular weight excluding hydrogens is 262 g/mol. The van der Waals surface area contributed by atoms with Gasteiger partial charge in [0.05, 0.1) is 0 Å². The van der Waals surface area contributed by atoms with Crippen molar-refractivity contribution in [2.75, 3.05) is 11.9 Å².